The monoisotopic (exact) mass is 234 g/mol. The summed E-state index contributed by atoms with van der Waals surface area (Å²) >= 11 is 0. The molecule has 0 unspecified atom stereocenters. The van der Waals surface area contributed by atoms with E-state index >= 15 is 0 Å². The Hall–Kier alpha value is -2.37. The number of rotatable bonds is 1. The molecule has 0 bridgehead atoms. The summed E-state index contributed by atoms with van der Waals surface area (Å²) in [5, 5.41) is 9.56. The highest BCUT2D eigenvalue weighted by atomic mass is 19.1. The van der Waals surface area contributed by atoms with Gasteiger partial charge in [-0.25, -0.2) is 9.37 Å². The molecule has 1 aromatic carbocycles. The quantitative estimate of drug-likeness (QED) is 0.693. The summed E-state index contributed by atoms with van der Waals surface area (Å²) in [5.41, 5.74) is 11.8. The molecule has 0 aliphatic rings. The molecule has 0 aliphatic carbocycles. The number of nitrogens with two attached hydrogens (primary N) is 2. The second-order valence-corrected chi connectivity index (χ2v) is 3.63. The Morgan fingerprint density at radius 1 is 1.24 bits per heavy atom. The first-order chi connectivity index (χ1) is 7.99. The van der Waals surface area contributed by atoms with Crippen molar-refractivity contribution in [2.75, 3.05) is 11.5 Å². The van der Waals surface area contributed by atoms with Gasteiger partial charge < -0.3 is 16.6 Å². The predicted octanol–water partition coefficient (Wildman–Crippen LogP) is 1.46. The van der Waals surface area contributed by atoms with Crippen molar-refractivity contribution in [2.24, 2.45) is 0 Å². The van der Waals surface area contributed by atoms with Crippen LogP contribution < -0.4 is 11.5 Å². The van der Waals surface area contributed by atoms with Crippen molar-refractivity contribution in [2.45, 2.75) is 6.92 Å². The van der Waals surface area contributed by atoms with Gasteiger partial charge in [0.15, 0.2) is 11.6 Å². The lowest BCUT2D eigenvalue weighted by Crippen LogP contribution is -2.05. The molecular formula is C11H11FN4O. The standard InChI is InChI=1S/C11H11FN4O/c1-5-2-3-6(4-7(5)17)9-8(12)10(13)16-11(14)15-9/h2-4,17H,1H3,(H4,13,14,15,16). The number of anilines is 2. The maximum Gasteiger partial charge on any atom is 0.222 e. The Morgan fingerprint density at radius 2 is 1.94 bits per heavy atom. The van der Waals surface area contributed by atoms with Crippen LogP contribution in [0.1, 0.15) is 5.56 Å². The lowest BCUT2D eigenvalue weighted by Gasteiger charge is -2.07. The van der Waals surface area contributed by atoms with Crippen LogP contribution in [0.4, 0.5) is 16.2 Å². The van der Waals surface area contributed by atoms with Gasteiger partial charge in [0.2, 0.25) is 5.95 Å². The fourth-order valence-electron chi connectivity index (χ4n) is 1.43. The van der Waals surface area contributed by atoms with E-state index in [9.17, 15) is 9.50 Å². The minimum Gasteiger partial charge on any atom is -0.508 e. The summed E-state index contributed by atoms with van der Waals surface area (Å²) in [5.74, 6) is -1.12. The third kappa shape index (κ3) is 1.96. The van der Waals surface area contributed by atoms with E-state index in [1.54, 1.807) is 19.1 Å². The number of aromatic nitrogens is 2. The van der Waals surface area contributed by atoms with Gasteiger partial charge in [-0.1, -0.05) is 12.1 Å². The molecule has 0 amide bonds. The molecule has 0 aliphatic heterocycles. The molecule has 5 nitrogen and oxygen atoms in total. The van der Waals surface area contributed by atoms with Crippen LogP contribution in [0.2, 0.25) is 0 Å². The molecule has 2 rings (SSSR count). The number of phenolic OH excluding ortho intramolecular Hbond substituents is 1. The van der Waals surface area contributed by atoms with E-state index in [1.165, 1.54) is 6.07 Å². The molecule has 1 heterocycles. The Labute approximate surface area is 96.9 Å². The third-order valence-electron chi connectivity index (χ3n) is 2.38. The van der Waals surface area contributed by atoms with Gasteiger partial charge in [-0.15, -0.1) is 0 Å². The first-order valence-electron chi connectivity index (χ1n) is 4.87. The van der Waals surface area contributed by atoms with Gasteiger partial charge in [0.25, 0.3) is 0 Å². The number of phenols is 1. The summed E-state index contributed by atoms with van der Waals surface area (Å²) < 4.78 is 13.7. The molecule has 5 N–H and O–H groups in total. The molecule has 0 saturated heterocycles. The van der Waals surface area contributed by atoms with Crippen LogP contribution in [-0.2, 0) is 0 Å². The molecule has 2 aromatic rings. The number of nitrogen functional groups attached to an aromatic ring is 2. The number of halogens is 1. The molecule has 17 heavy (non-hydrogen) atoms. The highest BCUT2D eigenvalue weighted by Gasteiger charge is 2.13. The average molecular weight is 234 g/mol. The SMILES string of the molecule is Cc1ccc(-c2nc(N)nc(N)c2F)cc1O. The summed E-state index contributed by atoms with van der Waals surface area (Å²) in [6, 6.07) is 4.68. The third-order valence-corrected chi connectivity index (χ3v) is 2.38. The van der Waals surface area contributed by atoms with Crippen molar-refractivity contribution >= 4 is 11.8 Å². The molecule has 88 valence electrons. The average Bonchev–Trinajstić information content (AvgIpc) is 2.27. The Kier molecular flexibility index (Phi) is 2.55. The second-order valence-electron chi connectivity index (χ2n) is 3.63. The lowest BCUT2D eigenvalue weighted by atomic mass is 10.1. The predicted molar refractivity (Wildman–Crippen MR) is 62.7 cm³/mol. The minimum absolute atomic E-state index is 0.0229. The van der Waals surface area contributed by atoms with Crippen molar-refractivity contribution in [1.82, 2.24) is 9.97 Å². The fourth-order valence-corrected chi connectivity index (χ4v) is 1.43. The zero-order chi connectivity index (χ0) is 12.6. The van der Waals surface area contributed by atoms with Crippen molar-refractivity contribution in [3.05, 3.63) is 29.6 Å². The molecular weight excluding hydrogens is 223 g/mol. The largest absolute Gasteiger partial charge is 0.508 e. The smallest absolute Gasteiger partial charge is 0.222 e. The van der Waals surface area contributed by atoms with E-state index in [4.69, 9.17) is 11.5 Å². The van der Waals surface area contributed by atoms with Crippen LogP contribution in [0.5, 0.6) is 5.75 Å². The molecule has 6 heteroatoms. The van der Waals surface area contributed by atoms with Gasteiger partial charge in [0.05, 0.1) is 0 Å². The molecule has 0 atom stereocenters. The number of aromatic hydroxyl groups is 1. The minimum atomic E-state index is -0.748. The number of hydrogen-bond acceptors (Lipinski definition) is 5. The summed E-state index contributed by atoms with van der Waals surface area (Å²) in [4.78, 5) is 7.28. The van der Waals surface area contributed by atoms with E-state index in [2.05, 4.69) is 9.97 Å². The molecule has 0 saturated carbocycles. The first kappa shape index (κ1) is 11.1. The number of benzene rings is 1. The highest BCUT2D eigenvalue weighted by molar-refractivity contribution is 5.66. The maximum atomic E-state index is 13.7. The molecule has 0 radical (unpaired) electrons. The number of aryl methyl sites for hydroxylation is 1. The summed E-state index contributed by atoms with van der Waals surface area (Å²) in [6.07, 6.45) is 0. The zero-order valence-electron chi connectivity index (χ0n) is 9.11. The summed E-state index contributed by atoms with van der Waals surface area (Å²) in [7, 11) is 0. The van der Waals surface area contributed by atoms with Crippen molar-refractivity contribution in [3.8, 4) is 17.0 Å². The Bertz CT molecular complexity index is 586. The van der Waals surface area contributed by atoms with Crippen LogP contribution in [0.25, 0.3) is 11.3 Å². The van der Waals surface area contributed by atoms with E-state index < -0.39 is 5.82 Å². The number of nitrogens with zero attached hydrogens (tertiary/aromatic N) is 2. The van der Waals surface area contributed by atoms with E-state index in [-0.39, 0.29) is 23.2 Å². The van der Waals surface area contributed by atoms with E-state index in [0.29, 0.717) is 11.1 Å². The van der Waals surface area contributed by atoms with Crippen LogP contribution >= 0.6 is 0 Å². The van der Waals surface area contributed by atoms with E-state index in [1.807, 2.05) is 0 Å². The van der Waals surface area contributed by atoms with Gasteiger partial charge >= 0.3 is 0 Å². The van der Waals surface area contributed by atoms with Crippen LogP contribution in [0.15, 0.2) is 18.2 Å². The topological polar surface area (TPSA) is 98.0 Å². The van der Waals surface area contributed by atoms with E-state index in [0.717, 1.165) is 0 Å². The van der Waals surface area contributed by atoms with Crippen LogP contribution in [0.3, 0.4) is 0 Å². The maximum absolute atomic E-state index is 13.7. The van der Waals surface area contributed by atoms with Gasteiger partial charge in [-0.05, 0) is 18.6 Å². The Morgan fingerprint density at radius 3 is 2.59 bits per heavy atom. The van der Waals surface area contributed by atoms with Crippen molar-refractivity contribution in [1.29, 1.82) is 0 Å². The fraction of sp³-hybridized carbons (Fsp3) is 0.0909. The van der Waals surface area contributed by atoms with Gasteiger partial charge in [-0.2, -0.15) is 4.98 Å². The normalized spacial score (nSPS) is 10.5. The van der Waals surface area contributed by atoms with Gasteiger partial charge in [-0.3, -0.25) is 0 Å². The second kappa shape index (κ2) is 3.89. The zero-order valence-corrected chi connectivity index (χ0v) is 9.11. The van der Waals surface area contributed by atoms with Crippen LogP contribution in [0, 0.1) is 12.7 Å². The molecule has 1 aromatic heterocycles. The van der Waals surface area contributed by atoms with Crippen molar-refractivity contribution < 1.29 is 9.50 Å². The van der Waals surface area contributed by atoms with Gasteiger partial charge in [0, 0.05) is 5.56 Å². The highest BCUT2D eigenvalue weighted by Crippen LogP contribution is 2.28. The molecule has 0 spiro atoms. The van der Waals surface area contributed by atoms with Gasteiger partial charge in [0.1, 0.15) is 11.4 Å². The van der Waals surface area contributed by atoms with Crippen molar-refractivity contribution in [3.63, 3.8) is 0 Å². The molecule has 0 fully saturated rings. The Balaban J connectivity index is 2.64. The van der Waals surface area contributed by atoms with Crippen LogP contribution in [-0.4, -0.2) is 15.1 Å². The first-order valence-corrected chi connectivity index (χ1v) is 4.87. The number of hydrogen-bond donors (Lipinski definition) is 3. The summed E-state index contributed by atoms with van der Waals surface area (Å²) in [6.45, 7) is 1.73. The lowest BCUT2D eigenvalue weighted by molar-refractivity contribution is 0.471.